The molecule has 0 unspecified atom stereocenters. The van der Waals surface area contributed by atoms with Crippen LogP contribution < -0.4 is 10.1 Å². The molecule has 1 aromatic heterocycles. The van der Waals surface area contributed by atoms with Crippen molar-refractivity contribution in [1.82, 2.24) is 15.3 Å². The summed E-state index contributed by atoms with van der Waals surface area (Å²) in [6, 6.07) is 5.26. The van der Waals surface area contributed by atoms with Crippen LogP contribution in [0, 0.1) is 5.92 Å². The first-order valence-electron chi connectivity index (χ1n) is 6.69. The number of nitrogens with one attached hydrogen (secondary N) is 1. The minimum atomic E-state index is 0.256. The molecule has 0 spiro atoms. The third-order valence-corrected chi connectivity index (χ3v) is 3.19. The van der Waals surface area contributed by atoms with E-state index in [1.807, 2.05) is 0 Å². The van der Waals surface area contributed by atoms with Crippen LogP contribution in [0.2, 0.25) is 10.0 Å². The zero-order chi connectivity index (χ0) is 15.2. The van der Waals surface area contributed by atoms with E-state index in [4.69, 9.17) is 27.9 Å². The fourth-order valence-corrected chi connectivity index (χ4v) is 2.10. The van der Waals surface area contributed by atoms with Crippen LogP contribution in [0.3, 0.4) is 0 Å². The SMILES string of the molecule is CC(C)CNCc1cnc(Oc2ccc(Cl)cc2Cl)nc1. The molecule has 0 amide bonds. The van der Waals surface area contributed by atoms with Crippen molar-refractivity contribution in [2.24, 2.45) is 5.92 Å². The van der Waals surface area contributed by atoms with Crippen LogP contribution in [-0.2, 0) is 6.54 Å². The van der Waals surface area contributed by atoms with Gasteiger partial charge >= 0.3 is 6.01 Å². The van der Waals surface area contributed by atoms with Crippen molar-refractivity contribution >= 4 is 23.2 Å². The van der Waals surface area contributed by atoms with Gasteiger partial charge in [0.2, 0.25) is 0 Å². The molecule has 112 valence electrons. The van der Waals surface area contributed by atoms with E-state index in [2.05, 4.69) is 29.1 Å². The van der Waals surface area contributed by atoms with E-state index in [0.717, 1.165) is 18.7 Å². The first-order chi connectivity index (χ1) is 10.0. The maximum absolute atomic E-state index is 6.03. The third-order valence-electron chi connectivity index (χ3n) is 2.66. The summed E-state index contributed by atoms with van der Waals surface area (Å²) in [5, 5.41) is 4.31. The van der Waals surface area contributed by atoms with Crippen molar-refractivity contribution in [2.75, 3.05) is 6.54 Å². The Morgan fingerprint density at radius 1 is 1.19 bits per heavy atom. The molecule has 21 heavy (non-hydrogen) atoms. The Morgan fingerprint density at radius 3 is 2.52 bits per heavy atom. The topological polar surface area (TPSA) is 47.0 Å². The minimum Gasteiger partial charge on any atom is -0.423 e. The summed E-state index contributed by atoms with van der Waals surface area (Å²) < 4.78 is 5.53. The Balaban J connectivity index is 1.95. The highest BCUT2D eigenvalue weighted by Crippen LogP contribution is 2.29. The van der Waals surface area contributed by atoms with Crippen LogP contribution in [0.4, 0.5) is 0 Å². The van der Waals surface area contributed by atoms with Crippen LogP contribution in [0.5, 0.6) is 11.8 Å². The molecule has 2 rings (SSSR count). The van der Waals surface area contributed by atoms with Gasteiger partial charge in [0.05, 0.1) is 5.02 Å². The summed E-state index contributed by atoms with van der Waals surface area (Å²) in [6.45, 7) is 6.02. The second-order valence-corrected chi connectivity index (χ2v) is 5.92. The van der Waals surface area contributed by atoms with Gasteiger partial charge in [0, 0.05) is 29.5 Å². The average Bonchev–Trinajstić information content (AvgIpc) is 2.43. The highest BCUT2D eigenvalue weighted by Gasteiger charge is 2.06. The lowest BCUT2D eigenvalue weighted by molar-refractivity contribution is 0.440. The van der Waals surface area contributed by atoms with E-state index in [1.165, 1.54) is 0 Å². The first kappa shape index (κ1) is 16.0. The van der Waals surface area contributed by atoms with Crippen LogP contribution >= 0.6 is 23.2 Å². The largest absolute Gasteiger partial charge is 0.423 e. The van der Waals surface area contributed by atoms with Gasteiger partial charge < -0.3 is 10.1 Å². The molecule has 2 aromatic rings. The van der Waals surface area contributed by atoms with Crippen LogP contribution in [0.1, 0.15) is 19.4 Å². The lowest BCUT2D eigenvalue weighted by Crippen LogP contribution is -2.19. The predicted molar refractivity (Wildman–Crippen MR) is 85.1 cm³/mol. The van der Waals surface area contributed by atoms with Gasteiger partial charge in [-0.15, -0.1) is 0 Å². The van der Waals surface area contributed by atoms with E-state index in [9.17, 15) is 0 Å². The van der Waals surface area contributed by atoms with Gasteiger partial charge in [0.25, 0.3) is 0 Å². The predicted octanol–water partition coefficient (Wildman–Crippen LogP) is 4.32. The molecule has 1 heterocycles. The number of nitrogens with zero attached hydrogens (tertiary/aromatic N) is 2. The van der Waals surface area contributed by atoms with Crippen LogP contribution in [-0.4, -0.2) is 16.5 Å². The fourth-order valence-electron chi connectivity index (χ4n) is 1.65. The smallest absolute Gasteiger partial charge is 0.321 e. The van der Waals surface area contributed by atoms with Crippen molar-refractivity contribution in [1.29, 1.82) is 0 Å². The normalized spacial score (nSPS) is 10.9. The number of rotatable bonds is 6. The minimum absolute atomic E-state index is 0.256. The molecule has 0 saturated carbocycles. The lowest BCUT2D eigenvalue weighted by Gasteiger charge is -2.08. The second-order valence-electron chi connectivity index (χ2n) is 5.08. The molecule has 0 fully saturated rings. The van der Waals surface area contributed by atoms with Gasteiger partial charge in [0.1, 0.15) is 5.75 Å². The Labute approximate surface area is 134 Å². The van der Waals surface area contributed by atoms with E-state index in [1.54, 1.807) is 30.6 Å². The molecule has 0 aliphatic carbocycles. The Kier molecular flexibility index (Phi) is 5.79. The summed E-state index contributed by atoms with van der Waals surface area (Å²) in [5.74, 6) is 1.09. The zero-order valence-corrected chi connectivity index (χ0v) is 13.4. The summed E-state index contributed by atoms with van der Waals surface area (Å²) in [6.07, 6.45) is 3.47. The number of benzene rings is 1. The van der Waals surface area contributed by atoms with Crippen molar-refractivity contribution in [2.45, 2.75) is 20.4 Å². The molecule has 0 radical (unpaired) electrons. The second kappa shape index (κ2) is 7.59. The van der Waals surface area contributed by atoms with Crippen molar-refractivity contribution in [3.8, 4) is 11.8 Å². The molecule has 4 nitrogen and oxygen atoms in total. The molecule has 1 N–H and O–H groups in total. The van der Waals surface area contributed by atoms with Gasteiger partial charge in [-0.05, 0) is 30.7 Å². The molecule has 0 bridgehead atoms. The molecule has 6 heteroatoms. The third kappa shape index (κ3) is 5.16. The van der Waals surface area contributed by atoms with Crippen LogP contribution in [0.15, 0.2) is 30.6 Å². The number of hydrogen-bond donors (Lipinski definition) is 1. The number of aromatic nitrogens is 2. The van der Waals surface area contributed by atoms with Crippen molar-refractivity contribution in [3.05, 3.63) is 46.2 Å². The Bertz CT molecular complexity index is 588. The fraction of sp³-hybridized carbons (Fsp3) is 0.333. The number of halogens is 2. The standard InChI is InChI=1S/C15H17Cl2N3O/c1-10(2)6-18-7-11-8-19-15(20-9-11)21-14-4-3-12(16)5-13(14)17/h3-5,8-10,18H,6-7H2,1-2H3. The average molecular weight is 326 g/mol. The van der Waals surface area contributed by atoms with Crippen LogP contribution in [0.25, 0.3) is 0 Å². The monoisotopic (exact) mass is 325 g/mol. The maximum Gasteiger partial charge on any atom is 0.321 e. The summed E-state index contributed by atoms with van der Waals surface area (Å²) in [5.41, 5.74) is 1.00. The molecule has 0 atom stereocenters. The van der Waals surface area contributed by atoms with Gasteiger partial charge in [-0.1, -0.05) is 37.0 Å². The number of ether oxygens (including phenoxy) is 1. The molecule has 0 aliphatic rings. The molecular formula is C15H17Cl2N3O. The quantitative estimate of drug-likeness (QED) is 0.859. The highest BCUT2D eigenvalue weighted by molar-refractivity contribution is 6.35. The van der Waals surface area contributed by atoms with Gasteiger partial charge in [-0.25, -0.2) is 9.97 Å². The van der Waals surface area contributed by atoms with Gasteiger partial charge in [-0.3, -0.25) is 0 Å². The first-order valence-corrected chi connectivity index (χ1v) is 7.44. The van der Waals surface area contributed by atoms with Gasteiger partial charge in [-0.2, -0.15) is 0 Å². The summed E-state index contributed by atoms with van der Waals surface area (Å²) in [4.78, 5) is 8.34. The molecule has 1 aromatic carbocycles. The van der Waals surface area contributed by atoms with E-state index in [-0.39, 0.29) is 6.01 Å². The molecular weight excluding hydrogens is 309 g/mol. The highest BCUT2D eigenvalue weighted by atomic mass is 35.5. The summed E-state index contributed by atoms with van der Waals surface area (Å²) in [7, 11) is 0. The van der Waals surface area contributed by atoms with E-state index < -0.39 is 0 Å². The van der Waals surface area contributed by atoms with E-state index in [0.29, 0.717) is 21.7 Å². The lowest BCUT2D eigenvalue weighted by atomic mass is 10.2. The van der Waals surface area contributed by atoms with E-state index >= 15 is 0 Å². The zero-order valence-electron chi connectivity index (χ0n) is 11.9. The Morgan fingerprint density at radius 2 is 1.90 bits per heavy atom. The maximum atomic E-state index is 6.03. The Hall–Kier alpha value is -1.36. The summed E-state index contributed by atoms with van der Waals surface area (Å²) >= 11 is 11.9. The van der Waals surface area contributed by atoms with Crippen molar-refractivity contribution < 1.29 is 4.74 Å². The number of hydrogen-bond acceptors (Lipinski definition) is 4. The molecule has 0 saturated heterocycles. The van der Waals surface area contributed by atoms with Gasteiger partial charge in [0.15, 0.2) is 0 Å². The van der Waals surface area contributed by atoms with Crippen molar-refractivity contribution in [3.63, 3.8) is 0 Å². The molecule has 0 aliphatic heterocycles.